The Morgan fingerprint density at radius 3 is 2.47 bits per heavy atom. The Labute approximate surface area is 93.6 Å². The molecule has 1 fully saturated rings. The zero-order chi connectivity index (χ0) is 11.3. The third kappa shape index (κ3) is 3.74. The lowest BCUT2D eigenvalue weighted by atomic mass is 9.97. The first kappa shape index (κ1) is 12.9. The lowest BCUT2D eigenvalue weighted by molar-refractivity contribution is -0.00734. The lowest BCUT2D eigenvalue weighted by Crippen LogP contribution is -2.50. The van der Waals surface area contributed by atoms with E-state index in [1.165, 1.54) is 12.8 Å². The molecule has 0 radical (unpaired) electrons. The van der Waals surface area contributed by atoms with Crippen molar-refractivity contribution in [3.63, 3.8) is 0 Å². The minimum atomic E-state index is -0.621. The minimum absolute atomic E-state index is 0.403. The highest BCUT2D eigenvalue weighted by molar-refractivity contribution is 4.97. The van der Waals surface area contributed by atoms with E-state index in [9.17, 15) is 5.11 Å². The largest absolute Gasteiger partial charge is 0.387 e. The Kier molecular flexibility index (Phi) is 5.03. The summed E-state index contributed by atoms with van der Waals surface area (Å²) in [7, 11) is 0. The number of nitrogens with two attached hydrogens (primary N) is 1. The van der Waals surface area contributed by atoms with Crippen molar-refractivity contribution < 1.29 is 5.11 Å². The van der Waals surface area contributed by atoms with Crippen LogP contribution in [0.25, 0.3) is 0 Å². The van der Waals surface area contributed by atoms with E-state index in [2.05, 4.69) is 18.7 Å². The summed E-state index contributed by atoms with van der Waals surface area (Å²) in [6.07, 6.45) is 4.72. The molecule has 1 atom stereocenters. The molecular weight excluding hydrogens is 188 g/mol. The van der Waals surface area contributed by atoms with Gasteiger partial charge in [-0.15, -0.1) is 0 Å². The van der Waals surface area contributed by atoms with Gasteiger partial charge in [0.25, 0.3) is 0 Å². The molecule has 0 aromatic carbocycles. The molecular formula is C12H26N2O. The van der Waals surface area contributed by atoms with E-state index in [1.54, 1.807) is 0 Å². The topological polar surface area (TPSA) is 49.5 Å². The van der Waals surface area contributed by atoms with Crippen molar-refractivity contribution >= 4 is 0 Å². The van der Waals surface area contributed by atoms with Crippen LogP contribution in [0.15, 0.2) is 0 Å². The molecule has 90 valence electrons. The summed E-state index contributed by atoms with van der Waals surface area (Å²) in [5.74, 6) is 0.457. The maximum absolute atomic E-state index is 10.4. The third-order valence-corrected chi connectivity index (χ3v) is 3.46. The summed E-state index contributed by atoms with van der Waals surface area (Å²) < 4.78 is 0. The van der Waals surface area contributed by atoms with Gasteiger partial charge in [0.1, 0.15) is 0 Å². The summed E-state index contributed by atoms with van der Waals surface area (Å²) in [6, 6.07) is 0. The van der Waals surface area contributed by atoms with E-state index >= 15 is 0 Å². The Morgan fingerprint density at radius 1 is 1.40 bits per heavy atom. The van der Waals surface area contributed by atoms with Crippen LogP contribution in [0.4, 0.5) is 0 Å². The highest BCUT2D eigenvalue weighted by atomic mass is 16.3. The quantitative estimate of drug-likeness (QED) is 0.638. The lowest BCUT2D eigenvalue weighted by Gasteiger charge is -2.33. The van der Waals surface area contributed by atoms with E-state index in [4.69, 9.17) is 5.73 Å². The fourth-order valence-corrected chi connectivity index (χ4v) is 2.10. The number of likely N-dealkylation sites (N-methyl/N-ethyl adjacent to an activating group) is 1. The first-order chi connectivity index (χ1) is 7.16. The SMILES string of the molecule is CCCCN(CC)CC(O)(CN)C1CC1. The molecule has 3 heteroatoms. The molecule has 1 aliphatic rings. The Balaban J connectivity index is 2.40. The van der Waals surface area contributed by atoms with Crippen LogP contribution in [0.1, 0.15) is 39.5 Å². The summed E-state index contributed by atoms with van der Waals surface area (Å²) in [6.45, 7) is 7.60. The molecule has 0 saturated heterocycles. The molecule has 0 bridgehead atoms. The van der Waals surface area contributed by atoms with Crippen LogP contribution >= 0.6 is 0 Å². The standard InChI is InChI=1S/C12H26N2O/c1-3-5-8-14(4-2)10-12(15,9-13)11-6-7-11/h11,15H,3-10,13H2,1-2H3. The number of aliphatic hydroxyl groups is 1. The van der Waals surface area contributed by atoms with Crippen molar-refractivity contribution in [2.75, 3.05) is 26.2 Å². The first-order valence-electron chi connectivity index (χ1n) is 6.31. The minimum Gasteiger partial charge on any atom is -0.387 e. The second-order valence-electron chi connectivity index (χ2n) is 4.80. The average Bonchev–Trinajstić information content (AvgIpc) is 3.07. The van der Waals surface area contributed by atoms with Crippen molar-refractivity contribution in [2.45, 2.75) is 45.1 Å². The second-order valence-corrected chi connectivity index (χ2v) is 4.80. The van der Waals surface area contributed by atoms with Crippen LogP contribution in [0.3, 0.4) is 0 Å². The molecule has 1 unspecified atom stereocenters. The Bertz CT molecular complexity index is 182. The van der Waals surface area contributed by atoms with Gasteiger partial charge in [-0.05, 0) is 38.3 Å². The Morgan fingerprint density at radius 2 is 2.07 bits per heavy atom. The van der Waals surface area contributed by atoms with Gasteiger partial charge in [0, 0.05) is 13.1 Å². The van der Waals surface area contributed by atoms with Gasteiger partial charge in [0.15, 0.2) is 0 Å². The third-order valence-electron chi connectivity index (χ3n) is 3.46. The summed E-state index contributed by atoms with van der Waals surface area (Å²) >= 11 is 0. The second kappa shape index (κ2) is 5.83. The number of nitrogens with zero attached hydrogens (tertiary/aromatic N) is 1. The van der Waals surface area contributed by atoms with Gasteiger partial charge < -0.3 is 15.7 Å². The fraction of sp³-hybridized carbons (Fsp3) is 1.00. The van der Waals surface area contributed by atoms with Gasteiger partial charge in [-0.2, -0.15) is 0 Å². The molecule has 3 nitrogen and oxygen atoms in total. The molecule has 0 amide bonds. The van der Waals surface area contributed by atoms with Crippen molar-refractivity contribution in [3.8, 4) is 0 Å². The molecule has 0 spiro atoms. The smallest absolute Gasteiger partial charge is 0.0923 e. The molecule has 3 N–H and O–H groups in total. The van der Waals surface area contributed by atoms with E-state index in [1.807, 2.05) is 0 Å². The van der Waals surface area contributed by atoms with Gasteiger partial charge in [-0.1, -0.05) is 20.3 Å². The van der Waals surface area contributed by atoms with Gasteiger partial charge in [-0.25, -0.2) is 0 Å². The monoisotopic (exact) mass is 214 g/mol. The van der Waals surface area contributed by atoms with E-state index < -0.39 is 5.60 Å². The van der Waals surface area contributed by atoms with Crippen LogP contribution < -0.4 is 5.73 Å². The Hall–Kier alpha value is -0.120. The zero-order valence-corrected chi connectivity index (χ0v) is 10.2. The van der Waals surface area contributed by atoms with Gasteiger partial charge in [0.2, 0.25) is 0 Å². The number of rotatable bonds is 8. The molecule has 1 aliphatic carbocycles. The molecule has 0 aromatic rings. The zero-order valence-electron chi connectivity index (χ0n) is 10.2. The highest BCUT2D eigenvalue weighted by Gasteiger charge is 2.43. The van der Waals surface area contributed by atoms with Gasteiger partial charge in [-0.3, -0.25) is 0 Å². The van der Waals surface area contributed by atoms with Gasteiger partial charge in [0.05, 0.1) is 5.60 Å². The summed E-state index contributed by atoms with van der Waals surface area (Å²) in [4.78, 5) is 2.33. The van der Waals surface area contributed by atoms with E-state index in [0.29, 0.717) is 12.5 Å². The van der Waals surface area contributed by atoms with E-state index in [-0.39, 0.29) is 0 Å². The van der Waals surface area contributed by atoms with Gasteiger partial charge >= 0.3 is 0 Å². The van der Waals surface area contributed by atoms with Crippen LogP contribution in [-0.2, 0) is 0 Å². The molecule has 0 aromatic heterocycles. The van der Waals surface area contributed by atoms with Crippen molar-refractivity contribution in [3.05, 3.63) is 0 Å². The van der Waals surface area contributed by atoms with Crippen LogP contribution in [0.2, 0.25) is 0 Å². The predicted octanol–water partition coefficient (Wildman–Crippen LogP) is 1.21. The maximum Gasteiger partial charge on any atom is 0.0923 e. The maximum atomic E-state index is 10.4. The van der Waals surface area contributed by atoms with Crippen molar-refractivity contribution in [2.24, 2.45) is 11.7 Å². The number of hydrogen-bond donors (Lipinski definition) is 2. The van der Waals surface area contributed by atoms with E-state index in [0.717, 1.165) is 32.5 Å². The molecule has 0 heterocycles. The fourth-order valence-electron chi connectivity index (χ4n) is 2.10. The highest BCUT2D eigenvalue weighted by Crippen LogP contribution is 2.39. The summed E-state index contributed by atoms with van der Waals surface area (Å²) in [5, 5.41) is 10.4. The predicted molar refractivity (Wildman–Crippen MR) is 63.8 cm³/mol. The van der Waals surface area contributed by atoms with Crippen molar-refractivity contribution in [1.82, 2.24) is 4.90 Å². The van der Waals surface area contributed by atoms with Crippen molar-refractivity contribution in [1.29, 1.82) is 0 Å². The molecule has 1 saturated carbocycles. The average molecular weight is 214 g/mol. The van der Waals surface area contributed by atoms with Crippen LogP contribution in [0.5, 0.6) is 0 Å². The number of unbranched alkanes of at least 4 members (excludes halogenated alkanes) is 1. The normalized spacial score (nSPS) is 20.6. The number of hydrogen-bond acceptors (Lipinski definition) is 3. The molecule has 15 heavy (non-hydrogen) atoms. The molecule has 0 aliphatic heterocycles. The first-order valence-corrected chi connectivity index (χ1v) is 6.31. The summed E-state index contributed by atoms with van der Waals surface area (Å²) in [5.41, 5.74) is 5.08. The van der Waals surface area contributed by atoms with Crippen LogP contribution in [-0.4, -0.2) is 41.8 Å². The molecule has 1 rings (SSSR count). The van der Waals surface area contributed by atoms with Crippen LogP contribution in [0, 0.1) is 5.92 Å².